The lowest BCUT2D eigenvalue weighted by atomic mass is 9.68. The summed E-state index contributed by atoms with van der Waals surface area (Å²) in [6, 6.07) is 7.91. The molecule has 0 bridgehead atoms. The summed E-state index contributed by atoms with van der Waals surface area (Å²) in [5, 5.41) is 0. The minimum Gasteiger partial charge on any atom is -0.489 e. The quantitative estimate of drug-likeness (QED) is 0.740. The molecule has 2 nitrogen and oxygen atoms in total. The molecule has 1 aliphatic carbocycles. The van der Waals surface area contributed by atoms with Crippen LogP contribution in [0.4, 0.5) is 0 Å². The van der Waals surface area contributed by atoms with Crippen molar-refractivity contribution in [3.63, 3.8) is 0 Å². The smallest absolute Gasteiger partial charge is 0.145 e. The molecule has 1 aromatic rings. The van der Waals surface area contributed by atoms with Crippen LogP contribution >= 0.6 is 0 Å². The van der Waals surface area contributed by atoms with Gasteiger partial charge in [0.25, 0.3) is 0 Å². The highest BCUT2D eigenvalue weighted by molar-refractivity contribution is 5.91. The van der Waals surface area contributed by atoms with Crippen LogP contribution in [0.1, 0.15) is 25.8 Å². The maximum Gasteiger partial charge on any atom is 0.145 e. The SMILES string of the molecule is Cc1ccccc1OC1CC(=O)C1(C)C. The zero-order valence-electron chi connectivity index (χ0n) is 9.41. The van der Waals surface area contributed by atoms with Crippen LogP contribution in [0.3, 0.4) is 0 Å². The highest BCUT2D eigenvalue weighted by atomic mass is 16.5. The van der Waals surface area contributed by atoms with Crippen molar-refractivity contribution in [2.24, 2.45) is 5.41 Å². The molecule has 80 valence electrons. The molecular formula is C13H16O2. The summed E-state index contributed by atoms with van der Waals surface area (Å²) >= 11 is 0. The first-order chi connectivity index (χ1) is 7.01. The maximum absolute atomic E-state index is 11.4. The number of para-hydroxylation sites is 1. The summed E-state index contributed by atoms with van der Waals surface area (Å²) < 4.78 is 5.85. The van der Waals surface area contributed by atoms with Gasteiger partial charge in [0.15, 0.2) is 0 Å². The molecule has 1 atom stereocenters. The van der Waals surface area contributed by atoms with Gasteiger partial charge in [0.2, 0.25) is 0 Å². The number of hydrogen-bond acceptors (Lipinski definition) is 2. The monoisotopic (exact) mass is 204 g/mol. The highest BCUT2D eigenvalue weighted by Crippen LogP contribution is 2.39. The molecular weight excluding hydrogens is 188 g/mol. The average Bonchev–Trinajstić information content (AvgIpc) is 2.20. The van der Waals surface area contributed by atoms with E-state index < -0.39 is 0 Å². The fraction of sp³-hybridized carbons (Fsp3) is 0.462. The topological polar surface area (TPSA) is 26.3 Å². The molecule has 0 spiro atoms. The predicted octanol–water partition coefficient (Wildman–Crippen LogP) is 2.74. The molecule has 2 heteroatoms. The molecule has 0 saturated heterocycles. The highest BCUT2D eigenvalue weighted by Gasteiger charge is 2.49. The molecule has 1 aliphatic rings. The van der Waals surface area contributed by atoms with E-state index in [1.807, 2.05) is 45.0 Å². The Morgan fingerprint density at radius 1 is 1.33 bits per heavy atom. The largest absolute Gasteiger partial charge is 0.489 e. The number of ketones is 1. The van der Waals surface area contributed by atoms with Gasteiger partial charge < -0.3 is 4.74 Å². The third-order valence-corrected chi connectivity index (χ3v) is 3.26. The Labute approximate surface area is 90.3 Å². The minimum absolute atomic E-state index is 0.0334. The van der Waals surface area contributed by atoms with E-state index in [-0.39, 0.29) is 11.5 Å². The number of aryl methyl sites for hydroxylation is 1. The molecule has 15 heavy (non-hydrogen) atoms. The molecule has 0 heterocycles. The van der Waals surface area contributed by atoms with Crippen molar-refractivity contribution in [1.82, 2.24) is 0 Å². The Morgan fingerprint density at radius 2 is 2.00 bits per heavy atom. The van der Waals surface area contributed by atoms with Crippen LogP contribution in [0.2, 0.25) is 0 Å². The number of Topliss-reactive ketones (excluding diaryl/α,β-unsaturated/α-hetero) is 1. The van der Waals surface area contributed by atoms with Crippen LogP contribution in [-0.4, -0.2) is 11.9 Å². The van der Waals surface area contributed by atoms with E-state index in [9.17, 15) is 4.79 Å². The van der Waals surface area contributed by atoms with Crippen LogP contribution < -0.4 is 4.74 Å². The zero-order chi connectivity index (χ0) is 11.1. The van der Waals surface area contributed by atoms with E-state index in [1.165, 1.54) is 0 Å². The summed E-state index contributed by atoms with van der Waals surface area (Å²) in [5.41, 5.74) is 0.801. The van der Waals surface area contributed by atoms with Crippen molar-refractivity contribution < 1.29 is 9.53 Å². The molecule has 1 unspecified atom stereocenters. The number of ether oxygens (including phenoxy) is 1. The van der Waals surface area contributed by atoms with Crippen molar-refractivity contribution >= 4 is 5.78 Å². The maximum atomic E-state index is 11.4. The Balaban J connectivity index is 2.12. The van der Waals surface area contributed by atoms with Gasteiger partial charge >= 0.3 is 0 Å². The Hall–Kier alpha value is -1.31. The lowest BCUT2D eigenvalue weighted by molar-refractivity contribution is -0.148. The van der Waals surface area contributed by atoms with Gasteiger partial charge in [0.05, 0.1) is 5.41 Å². The summed E-state index contributed by atoms with van der Waals surface area (Å²) in [7, 11) is 0. The van der Waals surface area contributed by atoms with Crippen LogP contribution in [0.25, 0.3) is 0 Å². The molecule has 0 amide bonds. The van der Waals surface area contributed by atoms with E-state index in [1.54, 1.807) is 0 Å². The van der Waals surface area contributed by atoms with E-state index in [0.717, 1.165) is 11.3 Å². The zero-order valence-corrected chi connectivity index (χ0v) is 9.41. The Morgan fingerprint density at radius 3 is 2.53 bits per heavy atom. The van der Waals surface area contributed by atoms with Crippen molar-refractivity contribution in [3.8, 4) is 5.75 Å². The molecule has 0 radical (unpaired) electrons. The summed E-state index contributed by atoms with van der Waals surface area (Å²) in [6.07, 6.45) is 0.576. The number of rotatable bonds is 2. The second-order valence-electron chi connectivity index (χ2n) is 4.72. The van der Waals surface area contributed by atoms with E-state index >= 15 is 0 Å². The number of benzene rings is 1. The fourth-order valence-corrected chi connectivity index (χ4v) is 1.77. The molecule has 1 aromatic carbocycles. The number of hydrogen-bond donors (Lipinski definition) is 0. The van der Waals surface area contributed by atoms with Crippen LogP contribution in [0.5, 0.6) is 5.75 Å². The van der Waals surface area contributed by atoms with Crippen molar-refractivity contribution in [2.75, 3.05) is 0 Å². The molecule has 1 fully saturated rings. The normalized spacial score (nSPS) is 23.4. The van der Waals surface area contributed by atoms with Gasteiger partial charge in [-0.25, -0.2) is 0 Å². The summed E-state index contributed by atoms with van der Waals surface area (Å²) in [4.78, 5) is 11.4. The molecule has 0 N–H and O–H groups in total. The van der Waals surface area contributed by atoms with Crippen LogP contribution in [0.15, 0.2) is 24.3 Å². The van der Waals surface area contributed by atoms with E-state index in [4.69, 9.17) is 4.74 Å². The molecule has 1 saturated carbocycles. The lowest BCUT2D eigenvalue weighted by Crippen LogP contribution is -2.53. The number of carbonyl (C=O) groups is 1. The van der Waals surface area contributed by atoms with E-state index in [2.05, 4.69) is 0 Å². The molecule has 0 aliphatic heterocycles. The summed E-state index contributed by atoms with van der Waals surface area (Å²) in [6.45, 7) is 5.91. The fourth-order valence-electron chi connectivity index (χ4n) is 1.77. The number of carbonyl (C=O) groups excluding carboxylic acids is 1. The van der Waals surface area contributed by atoms with Gasteiger partial charge in [-0.05, 0) is 32.4 Å². The lowest BCUT2D eigenvalue weighted by Gasteiger charge is -2.42. The van der Waals surface area contributed by atoms with Crippen molar-refractivity contribution in [3.05, 3.63) is 29.8 Å². The minimum atomic E-state index is -0.317. The second-order valence-corrected chi connectivity index (χ2v) is 4.72. The van der Waals surface area contributed by atoms with Gasteiger partial charge in [-0.15, -0.1) is 0 Å². The molecule has 2 rings (SSSR count). The van der Waals surface area contributed by atoms with Crippen LogP contribution in [-0.2, 0) is 4.79 Å². The first kappa shape index (κ1) is 10.2. The Bertz CT molecular complexity index is 393. The summed E-state index contributed by atoms with van der Waals surface area (Å²) in [5.74, 6) is 1.18. The average molecular weight is 204 g/mol. The molecule has 0 aromatic heterocycles. The first-order valence-electron chi connectivity index (χ1n) is 5.27. The van der Waals surface area contributed by atoms with Crippen LogP contribution in [0, 0.1) is 12.3 Å². The van der Waals surface area contributed by atoms with Gasteiger partial charge in [0, 0.05) is 6.42 Å². The van der Waals surface area contributed by atoms with Gasteiger partial charge in [-0.1, -0.05) is 18.2 Å². The third kappa shape index (κ3) is 1.65. The van der Waals surface area contributed by atoms with Crippen molar-refractivity contribution in [1.29, 1.82) is 0 Å². The first-order valence-corrected chi connectivity index (χ1v) is 5.27. The van der Waals surface area contributed by atoms with Gasteiger partial charge in [0.1, 0.15) is 17.6 Å². The van der Waals surface area contributed by atoms with Gasteiger partial charge in [-0.2, -0.15) is 0 Å². The van der Waals surface area contributed by atoms with Crippen molar-refractivity contribution in [2.45, 2.75) is 33.3 Å². The van der Waals surface area contributed by atoms with E-state index in [0.29, 0.717) is 12.2 Å². The third-order valence-electron chi connectivity index (χ3n) is 3.26. The standard InChI is InChI=1S/C13H16O2/c1-9-6-4-5-7-10(9)15-12-8-11(14)13(12,2)3/h4-7,12H,8H2,1-3H3. The Kier molecular flexibility index (Phi) is 2.29. The predicted molar refractivity (Wildman–Crippen MR) is 59.0 cm³/mol. The second kappa shape index (κ2) is 3.37. The van der Waals surface area contributed by atoms with Gasteiger partial charge in [-0.3, -0.25) is 4.79 Å².